The van der Waals surface area contributed by atoms with Gasteiger partial charge in [-0.05, 0) is 17.2 Å². The lowest BCUT2D eigenvalue weighted by Crippen LogP contribution is -2.11. The van der Waals surface area contributed by atoms with Gasteiger partial charge < -0.3 is 10.2 Å². The van der Waals surface area contributed by atoms with Gasteiger partial charge in [-0.2, -0.15) is 0 Å². The average molecular weight is 185 g/mol. The van der Waals surface area contributed by atoms with Crippen LogP contribution in [0, 0.1) is 0 Å². The monoisotopic (exact) mass is 184 g/mol. The quantitative estimate of drug-likeness (QED) is 0.638. The highest BCUT2D eigenvalue weighted by atomic mass is 35.5. The van der Waals surface area contributed by atoms with E-state index >= 15 is 0 Å². The zero-order valence-corrected chi connectivity index (χ0v) is 7.12. The Labute approximate surface area is 75.4 Å². The Morgan fingerprint density at radius 3 is 2.75 bits per heavy atom. The van der Waals surface area contributed by atoms with Gasteiger partial charge in [-0.3, -0.25) is 0 Å². The standard InChI is InChI=1S/C9H9ClO2/c10-7-3-1-2-5-6(7)4-8(11)9(5)12/h1-3,8-9,11-12H,4H2/t8-,9+/m1/s1. The minimum atomic E-state index is -0.765. The van der Waals surface area contributed by atoms with Crippen LogP contribution in [0.15, 0.2) is 18.2 Å². The fourth-order valence-electron chi connectivity index (χ4n) is 1.60. The Morgan fingerprint density at radius 2 is 2.08 bits per heavy atom. The van der Waals surface area contributed by atoms with E-state index in [9.17, 15) is 10.2 Å². The van der Waals surface area contributed by atoms with Crippen molar-refractivity contribution in [1.82, 2.24) is 0 Å². The molecule has 0 aromatic heterocycles. The van der Waals surface area contributed by atoms with Crippen molar-refractivity contribution in [3.8, 4) is 0 Å². The number of hydrogen-bond acceptors (Lipinski definition) is 2. The second kappa shape index (κ2) is 2.73. The molecule has 2 rings (SSSR count). The van der Waals surface area contributed by atoms with Crippen LogP contribution >= 0.6 is 11.6 Å². The summed E-state index contributed by atoms with van der Waals surface area (Å²) in [5.74, 6) is 0. The summed E-state index contributed by atoms with van der Waals surface area (Å²) in [4.78, 5) is 0. The van der Waals surface area contributed by atoms with E-state index in [1.165, 1.54) is 0 Å². The van der Waals surface area contributed by atoms with E-state index in [4.69, 9.17) is 11.6 Å². The zero-order valence-electron chi connectivity index (χ0n) is 6.37. The highest BCUT2D eigenvalue weighted by Crippen LogP contribution is 2.35. The number of fused-ring (bicyclic) bond motifs is 1. The first-order chi connectivity index (χ1) is 5.70. The highest BCUT2D eigenvalue weighted by Gasteiger charge is 2.30. The first kappa shape index (κ1) is 8.05. The van der Waals surface area contributed by atoms with Crippen LogP contribution in [0.3, 0.4) is 0 Å². The summed E-state index contributed by atoms with van der Waals surface area (Å²) >= 11 is 5.88. The van der Waals surface area contributed by atoms with Crippen LogP contribution in [0.2, 0.25) is 5.02 Å². The molecule has 1 aliphatic rings. The van der Waals surface area contributed by atoms with Crippen molar-refractivity contribution in [2.75, 3.05) is 0 Å². The maximum absolute atomic E-state index is 9.47. The van der Waals surface area contributed by atoms with Crippen molar-refractivity contribution in [2.45, 2.75) is 18.6 Å². The Morgan fingerprint density at radius 1 is 1.33 bits per heavy atom. The molecule has 2 atom stereocenters. The summed E-state index contributed by atoms with van der Waals surface area (Å²) in [6.07, 6.45) is -1.01. The fourth-order valence-corrected chi connectivity index (χ4v) is 1.85. The Bertz CT molecular complexity index is 311. The van der Waals surface area contributed by atoms with Crippen LogP contribution in [0.5, 0.6) is 0 Å². The lowest BCUT2D eigenvalue weighted by Gasteiger charge is -2.06. The predicted octanol–water partition coefficient (Wildman–Crippen LogP) is 1.29. The molecule has 0 bridgehead atoms. The van der Waals surface area contributed by atoms with Crippen molar-refractivity contribution in [2.24, 2.45) is 0 Å². The highest BCUT2D eigenvalue weighted by molar-refractivity contribution is 6.31. The molecule has 2 N–H and O–H groups in total. The van der Waals surface area contributed by atoms with Gasteiger partial charge >= 0.3 is 0 Å². The third-order valence-electron chi connectivity index (χ3n) is 2.25. The fraction of sp³-hybridized carbons (Fsp3) is 0.333. The van der Waals surface area contributed by atoms with Crippen LogP contribution in [0.4, 0.5) is 0 Å². The number of halogens is 1. The molecule has 2 nitrogen and oxygen atoms in total. The molecular formula is C9H9ClO2. The number of benzene rings is 1. The number of rotatable bonds is 0. The van der Waals surface area contributed by atoms with Crippen LogP contribution in [-0.2, 0) is 6.42 Å². The molecule has 1 aliphatic carbocycles. The van der Waals surface area contributed by atoms with E-state index in [-0.39, 0.29) is 0 Å². The minimum absolute atomic E-state index is 0.455. The van der Waals surface area contributed by atoms with Gasteiger partial charge in [-0.1, -0.05) is 23.7 Å². The lowest BCUT2D eigenvalue weighted by molar-refractivity contribution is 0.0326. The lowest BCUT2D eigenvalue weighted by atomic mass is 10.1. The summed E-state index contributed by atoms with van der Waals surface area (Å²) in [5, 5.41) is 19.4. The molecular weight excluding hydrogens is 176 g/mol. The van der Waals surface area contributed by atoms with Crippen molar-refractivity contribution in [3.63, 3.8) is 0 Å². The molecule has 0 spiro atoms. The van der Waals surface area contributed by atoms with E-state index in [0.29, 0.717) is 11.4 Å². The summed E-state index contributed by atoms with van der Waals surface area (Å²) in [7, 11) is 0. The molecule has 1 aromatic carbocycles. The Balaban J connectivity index is 2.53. The first-order valence-corrected chi connectivity index (χ1v) is 4.21. The van der Waals surface area contributed by atoms with Gasteiger partial charge in [-0.25, -0.2) is 0 Å². The van der Waals surface area contributed by atoms with Gasteiger partial charge in [0.25, 0.3) is 0 Å². The van der Waals surface area contributed by atoms with Crippen LogP contribution in [0.1, 0.15) is 17.2 Å². The SMILES string of the molecule is O[C@@H]1Cc2c(Cl)cccc2[C@@H]1O. The molecule has 64 valence electrons. The molecule has 0 radical (unpaired) electrons. The van der Waals surface area contributed by atoms with Crippen LogP contribution in [0.25, 0.3) is 0 Å². The number of hydrogen-bond donors (Lipinski definition) is 2. The average Bonchev–Trinajstić information content (AvgIpc) is 2.32. The van der Waals surface area contributed by atoms with Gasteiger partial charge in [0, 0.05) is 11.4 Å². The van der Waals surface area contributed by atoms with E-state index < -0.39 is 12.2 Å². The van der Waals surface area contributed by atoms with Gasteiger partial charge in [0.15, 0.2) is 0 Å². The smallest absolute Gasteiger partial charge is 0.105 e. The Hall–Kier alpha value is -0.570. The van der Waals surface area contributed by atoms with Crippen LogP contribution in [-0.4, -0.2) is 16.3 Å². The topological polar surface area (TPSA) is 40.5 Å². The molecule has 0 saturated heterocycles. The van der Waals surface area contributed by atoms with Crippen LogP contribution < -0.4 is 0 Å². The maximum Gasteiger partial charge on any atom is 0.105 e. The van der Waals surface area contributed by atoms with Gasteiger partial charge in [-0.15, -0.1) is 0 Å². The molecule has 0 saturated carbocycles. The van der Waals surface area contributed by atoms with Crippen molar-refractivity contribution >= 4 is 11.6 Å². The largest absolute Gasteiger partial charge is 0.390 e. The zero-order chi connectivity index (χ0) is 8.72. The van der Waals surface area contributed by atoms with Gasteiger partial charge in [0.1, 0.15) is 6.10 Å². The molecule has 0 fully saturated rings. The van der Waals surface area contributed by atoms with Gasteiger partial charge in [0.2, 0.25) is 0 Å². The first-order valence-electron chi connectivity index (χ1n) is 3.83. The summed E-state index contributed by atoms with van der Waals surface area (Å²) in [5.41, 5.74) is 1.63. The van der Waals surface area contributed by atoms with E-state index in [2.05, 4.69) is 0 Å². The molecule has 3 heteroatoms. The second-order valence-electron chi connectivity index (χ2n) is 3.02. The predicted molar refractivity (Wildman–Crippen MR) is 46.1 cm³/mol. The Kier molecular flexibility index (Phi) is 1.83. The summed E-state index contributed by atoms with van der Waals surface area (Å²) in [6.45, 7) is 0. The molecule has 0 unspecified atom stereocenters. The minimum Gasteiger partial charge on any atom is -0.390 e. The molecule has 1 aromatic rings. The second-order valence-corrected chi connectivity index (χ2v) is 3.43. The summed E-state index contributed by atoms with van der Waals surface area (Å²) < 4.78 is 0. The molecule has 0 aliphatic heterocycles. The van der Waals surface area contributed by atoms with Crippen molar-refractivity contribution in [3.05, 3.63) is 34.3 Å². The summed E-state index contributed by atoms with van der Waals surface area (Å²) in [6, 6.07) is 5.34. The number of aliphatic hydroxyl groups is 2. The van der Waals surface area contributed by atoms with Crippen molar-refractivity contribution in [1.29, 1.82) is 0 Å². The molecule has 0 amide bonds. The normalized spacial score (nSPS) is 27.2. The molecule has 12 heavy (non-hydrogen) atoms. The van der Waals surface area contributed by atoms with E-state index in [0.717, 1.165) is 11.1 Å². The number of aliphatic hydroxyl groups excluding tert-OH is 2. The van der Waals surface area contributed by atoms with E-state index in [1.807, 2.05) is 0 Å². The maximum atomic E-state index is 9.47. The third-order valence-corrected chi connectivity index (χ3v) is 2.61. The van der Waals surface area contributed by atoms with E-state index in [1.54, 1.807) is 18.2 Å². The third kappa shape index (κ3) is 1.04. The van der Waals surface area contributed by atoms with Gasteiger partial charge in [0.05, 0.1) is 6.10 Å². The van der Waals surface area contributed by atoms with Crippen molar-refractivity contribution < 1.29 is 10.2 Å². The molecule has 0 heterocycles.